The first kappa shape index (κ1) is 17.9. The van der Waals surface area contributed by atoms with Crippen LogP contribution in [0.15, 0.2) is 17.5 Å². The number of hydrogen-bond acceptors (Lipinski definition) is 5. The number of carbonyl (C=O) groups is 1. The minimum Gasteiger partial charge on any atom is -0.368 e. The average Bonchev–Trinajstić information content (AvgIpc) is 3.13. The van der Waals surface area contributed by atoms with Crippen LogP contribution in [0.1, 0.15) is 30.6 Å². The third kappa shape index (κ3) is 4.36. The molecule has 1 atom stereocenters. The lowest BCUT2D eigenvalue weighted by molar-refractivity contribution is -0.147. The molecule has 2 aliphatic rings. The lowest BCUT2D eigenvalue weighted by Crippen LogP contribution is -2.55. The molecule has 2 N–H and O–H groups in total. The van der Waals surface area contributed by atoms with Crippen molar-refractivity contribution in [3.63, 3.8) is 0 Å². The number of likely N-dealkylation sites (tertiary alicyclic amines) is 1. The Morgan fingerprint density at radius 3 is 3.04 bits per heavy atom. The Labute approximate surface area is 148 Å². The Balaban J connectivity index is 1.47. The Kier molecular flexibility index (Phi) is 6.27. The minimum atomic E-state index is -0.628. The third-order valence-corrected chi connectivity index (χ3v) is 6.19. The van der Waals surface area contributed by atoms with Crippen LogP contribution in [-0.2, 0) is 16.1 Å². The van der Waals surface area contributed by atoms with Crippen molar-refractivity contribution < 1.29 is 9.53 Å². The van der Waals surface area contributed by atoms with Crippen molar-refractivity contribution in [1.29, 1.82) is 0 Å². The summed E-state index contributed by atoms with van der Waals surface area (Å²) in [6, 6.07) is 4.32. The molecule has 0 aliphatic carbocycles. The summed E-state index contributed by atoms with van der Waals surface area (Å²) in [6.07, 6.45) is 3.92. The summed E-state index contributed by atoms with van der Waals surface area (Å²) in [7, 11) is 1.66. The first-order chi connectivity index (χ1) is 11.7. The largest absolute Gasteiger partial charge is 0.368 e. The molecule has 134 valence electrons. The van der Waals surface area contributed by atoms with Crippen molar-refractivity contribution in [2.45, 2.75) is 37.8 Å². The van der Waals surface area contributed by atoms with Gasteiger partial charge < -0.3 is 15.4 Å². The molecule has 5 nitrogen and oxygen atoms in total. The van der Waals surface area contributed by atoms with Gasteiger partial charge in [-0.05, 0) is 62.7 Å². The summed E-state index contributed by atoms with van der Waals surface area (Å²) < 4.78 is 5.61. The van der Waals surface area contributed by atoms with Crippen LogP contribution in [0.4, 0.5) is 0 Å². The SMILES string of the molecule is COC1(C(=O)NCC2CCCN(Cc3cccs3)C2)CCNCC1. The van der Waals surface area contributed by atoms with Gasteiger partial charge in [0.1, 0.15) is 5.60 Å². The smallest absolute Gasteiger partial charge is 0.252 e. The predicted octanol–water partition coefficient (Wildman–Crippen LogP) is 1.84. The molecule has 0 bridgehead atoms. The van der Waals surface area contributed by atoms with Gasteiger partial charge in [-0.1, -0.05) is 6.07 Å². The van der Waals surface area contributed by atoms with E-state index in [2.05, 4.69) is 33.0 Å². The van der Waals surface area contributed by atoms with Gasteiger partial charge in [0.15, 0.2) is 0 Å². The maximum Gasteiger partial charge on any atom is 0.252 e. The third-order valence-electron chi connectivity index (χ3n) is 5.33. The summed E-state index contributed by atoms with van der Waals surface area (Å²) in [6.45, 7) is 5.72. The number of amides is 1. The first-order valence-corrected chi connectivity index (χ1v) is 9.89. The van der Waals surface area contributed by atoms with Crippen LogP contribution in [0.3, 0.4) is 0 Å². The van der Waals surface area contributed by atoms with Gasteiger partial charge >= 0.3 is 0 Å². The molecule has 0 saturated carbocycles. The number of thiophene rings is 1. The van der Waals surface area contributed by atoms with Gasteiger partial charge in [-0.2, -0.15) is 0 Å². The molecular weight excluding hydrogens is 322 g/mol. The Hall–Kier alpha value is -0.950. The van der Waals surface area contributed by atoms with Crippen LogP contribution in [0, 0.1) is 5.92 Å². The maximum atomic E-state index is 12.7. The highest BCUT2D eigenvalue weighted by molar-refractivity contribution is 7.09. The molecule has 1 aromatic heterocycles. The van der Waals surface area contributed by atoms with Crippen LogP contribution >= 0.6 is 11.3 Å². The lowest BCUT2D eigenvalue weighted by atomic mass is 9.90. The van der Waals surface area contributed by atoms with E-state index in [1.807, 2.05) is 11.3 Å². The Bertz CT molecular complexity index is 514. The molecule has 0 radical (unpaired) electrons. The summed E-state index contributed by atoms with van der Waals surface area (Å²) in [5.41, 5.74) is -0.628. The van der Waals surface area contributed by atoms with Crippen molar-refractivity contribution in [1.82, 2.24) is 15.5 Å². The molecule has 2 fully saturated rings. The van der Waals surface area contributed by atoms with Crippen molar-refractivity contribution in [3.8, 4) is 0 Å². The molecule has 1 unspecified atom stereocenters. The number of piperidine rings is 2. The van der Waals surface area contributed by atoms with Crippen LogP contribution in [0.5, 0.6) is 0 Å². The molecule has 6 heteroatoms. The number of ether oxygens (including phenoxy) is 1. The molecule has 0 aromatic carbocycles. The fourth-order valence-electron chi connectivity index (χ4n) is 3.84. The van der Waals surface area contributed by atoms with Crippen molar-refractivity contribution in [3.05, 3.63) is 22.4 Å². The molecule has 1 aromatic rings. The minimum absolute atomic E-state index is 0.0712. The van der Waals surface area contributed by atoms with Crippen LogP contribution in [-0.4, -0.2) is 56.2 Å². The van der Waals surface area contributed by atoms with Gasteiger partial charge in [0.25, 0.3) is 5.91 Å². The van der Waals surface area contributed by atoms with E-state index in [-0.39, 0.29) is 5.91 Å². The molecule has 2 aliphatic heterocycles. The van der Waals surface area contributed by atoms with Crippen molar-refractivity contribution in [2.24, 2.45) is 5.92 Å². The fraction of sp³-hybridized carbons (Fsp3) is 0.722. The maximum absolute atomic E-state index is 12.7. The zero-order valence-electron chi connectivity index (χ0n) is 14.6. The molecule has 0 spiro atoms. The van der Waals surface area contributed by atoms with Gasteiger partial charge in [0.2, 0.25) is 0 Å². The zero-order valence-corrected chi connectivity index (χ0v) is 15.4. The van der Waals surface area contributed by atoms with Gasteiger partial charge in [-0.3, -0.25) is 9.69 Å². The van der Waals surface area contributed by atoms with Crippen LogP contribution in [0.25, 0.3) is 0 Å². The topological polar surface area (TPSA) is 53.6 Å². The van der Waals surface area contributed by atoms with Crippen LogP contribution < -0.4 is 10.6 Å². The van der Waals surface area contributed by atoms with Crippen molar-refractivity contribution in [2.75, 3.05) is 39.8 Å². The highest BCUT2D eigenvalue weighted by atomic mass is 32.1. The van der Waals surface area contributed by atoms with Gasteiger partial charge in [0, 0.05) is 31.6 Å². The van der Waals surface area contributed by atoms with Crippen LogP contribution in [0.2, 0.25) is 0 Å². The summed E-state index contributed by atoms with van der Waals surface area (Å²) in [5, 5.41) is 8.61. The van der Waals surface area contributed by atoms with E-state index in [0.29, 0.717) is 5.92 Å². The molecule has 24 heavy (non-hydrogen) atoms. The molecule has 1 amide bonds. The molecule has 3 heterocycles. The van der Waals surface area contributed by atoms with E-state index < -0.39 is 5.60 Å². The zero-order chi connectivity index (χ0) is 16.8. The Morgan fingerprint density at radius 2 is 2.33 bits per heavy atom. The highest BCUT2D eigenvalue weighted by Gasteiger charge is 2.39. The average molecular weight is 352 g/mol. The standard InChI is InChI=1S/C18H29N3O2S/c1-23-18(6-8-19-9-7-18)17(22)20-12-15-4-2-10-21(13-15)14-16-5-3-11-24-16/h3,5,11,15,19H,2,4,6-10,12-14H2,1H3,(H,20,22). The second-order valence-electron chi connectivity index (χ2n) is 6.98. The Morgan fingerprint density at radius 1 is 1.50 bits per heavy atom. The quantitative estimate of drug-likeness (QED) is 0.821. The predicted molar refractivity (Wildman–Crippen MR) is 97.2 cm³/mol. The summed E-state index contributed by atoms with van der Waals surface area (Å²) >= 11 is 1.82. The second-order valence-corrected chi connectivity index (χ2v) is 8.01. The van der Waals surface area contributed by atoms with Crippen molar-refractivity contribution >= 4 is 17.2 Å². The van der Waals surface area contributed by atoms with E-state index in [9.17, 15) is 4.79 Å². The number of nitrogens with one attached hydrogen (secondary N) is 2. The van der Waals surface area contributed by atoms with E-state index in [0.717, 1.165) is 52.1 Å². The number of carbonyl (C=O) groups excluding carboxylic acids is 1. The number of nitrogens with zero attached hydrogens (tertiary/aromatic N) is 1. The first-order valence-electron chi connectivity index (χ1n) is 9.01. The number of methoxy groups -OCH3 is 1. The van der Waals surface area contributed by atoms with Gasteiger partial charge in [-0.15, -0.1) is 11.3 Å². The lowest BCUT2D eigenvalue weighted by Gasteiger charge is -2.36. The van der Waals surface area contributed by atoms with Gasteiger partial charge in [-0.25, -0.2) is 0 Å². The normalized spacial score (nSPS) is 24.6. The molecular formula is C18H29N3O2S. The summed E-state index contributed by atoms with van der Waals surface area (Å²) in [5.74, 6) is 0.611. The molecule has 3 rings (SSSR count). The van der Waals surface area contributed by atoms with E-state index in [4.69, 9.17) is 4.74 Å². The van der Waals surface area contributed by atoms with Gasteiger partial charge in [0.05, 0.1) is 0 Å². The monoisotopic (exact) mass is 351 g/mol. The van der Waals surface area contributed by atoms with E-state index in [1.54, 1.807) is 7.11 Å². The van der Waals surface area contributed by atoms with E-state index >= 15 is 0 Å². The second kappa shape index (κ2) is 8.43. The highest BCUT2D eigenvalue weighted by Crippen LogP contribution is 2.24. The van der Waals surface area contributed by atoms with E-state index in [1.165, 1.54) is 17.7 Å². The number of hydrogen-bond donors (Lipinski definition) is 2. The molecule has 2 saturated heterocycles. The summed E-state index contributed by atoms with van der Waals surface area (Å²) in [4.78, 5) is 16.6. The number of rotatable bonds is 6. The fourth-order valence-corrected chi connectivity index (χ4v) is 4.58.